The molecule has 0 saturated heterocycles. The van der Waals surface area contributed by atoms with Crippen LogP contribution in [0.5, 0.6) is 5.88 Å². The highest BCUT2D eigenvalue weighted by atomic mass is 127. The van der Waals surface area contributed by atoms with Crippen LogP contribution in [-0.4, -0.2) is 45.4 Å². The standard InChI is InChI=1S/C13H22N4O2.HI/c1-14-13(15-8-5-9-18-2)16-10-11-6-4-7-12(17-11)19-3;/h4,6-7H,5,8-10H2,1-3H3,(H2,14,15,16);1H. The summed E-state index contributed by atoms with van der Waals surface area (Å²) >= 11 is 0. The molecule has 0 saturated carbocycles. The summed E-state index contributed by atoms with van der Waals surface area (Å²) in [7, 11) is 5.04. The molecule has 0 unspecified atom stereocenters. The zero-order valence-electron chi connectivity index (χ0n) is 12.2. The highest BCUT2D eigenvalue weighted by molar-refractivity contribution is 14.0. The molecule has 7 heteroatoms. The van der Waals surface area contributed by atoms with E-state index in [4.69, 9.17) is 9.47 Å². The molecule has 6 nitrogen and oxygen atoms in total. The van der Waals surface area contributed by atoms with Crippen molar-refractivity contribution in [3.63, 3.8) is 0 Å². The van der Waals surface area contributed by atoms with Crippen LogP contribution in [0.15, 0.2) is 23.2 Å². The van der Waals surface area contributed by atoms with Gasteiger partial charge in [-0.2, -0.15) is 0 Å². The first-order valence-corrected chi connectivity index (χ1v) is 6.23. The Hall–Kier alpha value is -1.09. The molecular formula is C13H23IN4O2. The molecule has 0 spiro atoms. The van der Waals surface area contributed by atoms with Crippen molar-refractivity contribution in [3.8, 4) is 5.88 Å². The molecule has 114 valence electrons. The summed E-state index contributed by atoms with van der Waals surface area (Å²) < 4.78 is 10.1. The Balaban J connectivity index is 0.00000361. The summed E-state index contributed by atoms with van der Waals surface area (Å²) in [6.07, 6.45) is 0.939. The van der Waals surface area contributed by atoms with Crippen molar-refractivity contribution < 1.29 is 9.47 Å². The maximum absolute atomic E-state index is 5.08. The summed E-state index contributed by atoms with van der Waals surface area (Å²) in [5.41, 5.74) is 0.902. The van der Waals surface area contributed by atoms with Gasteiger partial charge < -0.3 is 20.1 Å². The number of aromatic nitrogens is 1. The molecule has 20 heavy (non-hydrogen) atoms. The second-order valence-corrected chi connectivity index (χ2v) is 3.87. The van der Waals surface area contributed by atoms with Gasteiger partial charge in [-0.05, 0) is 12.5 Å². The molecule has 0 fully saturated rings. The molecule has 0 bridgehead atoms. The predicted octanol–water partition coefficient (Wildman–Crippen LogP) is 1.41. The average Bonchev–Trinajstić information content (AvgIpc) is 2.47. The van der Waals surface area contributed by atoms with Crippen molar-refractivity contribution in [1.29, 1.82) is 0 Å². The zero-order valence-corrected chi connectivity index (χ0v) is 14.5. The lowest BCUT2D eigenvalue weighted by atomic mass is 10.3. The lowest BCUT2D eigenvalue weighted by molar-refractivity contribution is 0.195. The molecule has 0 aliphatic carbocycles. The van der Waals surface area contributed by atoms with E-state index in [9.17, 15) is 0 Å². The first kappa shape index (κ1) is 18.9. The van der Waals surface area contributed by atoms with Crippen LogP contribution in [0, 0.1) is 0 Å². The number of guanidine groups is 1. The van der Waals surface area contributed by atoms with Gasteiger partial charge in [-0.15, -0.1) is 24.0 Å². The Morgan fingerprint density at radius 1 is 1.30 bits per heavy atom. The SMILES string of the molecule is CN=C(NCCCOC)NCc1cccc(OC)n1.I. The molecule has 1 aromatic heterocycles. The molecule has 1 rings (SSSR count). The van der Waals surface area contributed by atoms with Crippen LogP contribution >= 0.6 is 24.0 Å². The minimum absolute atomic E-state index is 0. The number of rotatable bonds is 7. The monoisotopic (exact) mass is 394 g/mol. The number of ether oxygens (including phenoxy) is 2. The van der Waals surface area contributed by atoms with Crippen LogP contribution in [0.3, 0.4) is 0 Å². The average molecular weight is 394 g/mol. The third kappa shape index (κ3) is 7.49. The summed E-state index contributed by atoms with van der Waals surface area (Å²) in [4.78, 5) is 8.46. The summed E-state index contributed by atoms with van der Waals surface area (Å²) in [6.45, 7) is 2.15. The number of pyridine rings is 1. The maximum Gasteiger partial charge on any atom is 0.213 e. The highest BCUT2D eigenvalue weighted by Crippen LogP contribution is 2.05. The molecule has 1 aromatic rings. The Labute approximate surface area is 137 Å². The number of methoxy groups -OCH3 is 2. The van der Waals surface area contributed by atoms with Gasteiger partial charge in [0.2, 0.25) is 5.88 Å². The van der Waals surface area contributed by atoms with E-state index in [-0.39, 0.29) is 24.0 Å². The maximum atomic E-state index is 5.08. The smallest absolute Gasteiger partial charge is 0.213 e. The van der Waals surface area contributed by atoms with E-state index in [1.54, 1.807) is 21.3 Å². The third-order valence-electron chi connectivity index (χ3n) is 2.47. The van der Waals surface area contributed by atoms with Crippen molar-refractivity contribution in [2.75, 3.05) is 34.4 Å². The largest absolute Gasteiger partial charge is 0.481 e. The summed E-state index contributed by atoms with van der Waals surface area (Å²) in [6, 6.07) is 5.67. The number of hydrogen-bond acceptors (Lipinski definition) is 4. The fourth-order valence-corrected chi connectivity index (χ4v) is 1.49. The lowest BCUT2D eigenvalue weighted by Crippen LogP contribution is -2.37. The molecule has 0 aliphatic rings. The summed E-state index contributed by atoms with van der Waals surface area (Å²) in [5, 5.41) is 6.40. The van der Waals surface area contributed by atoms with Gasteiger partial charge >= 0.3 is 0 Å². The van der Waals surface area contributed by atoms with Gasteiger partial charge in [-0.3, -0.25) is 4.99 Å². The van der Waals surface area contributed by atoms with Gasteiger partial charge in [0.1, 0.15) is 0 Å². The molecule has 1 heterocycles. The van der Waals surface area contributed by atoms with Gasteiger partial charge in [0.25, 0.3) is 0 Å². The van der Waals surface area contributed by atoms with E-state index in [1.165, 1.54) is 0 Å². The fraction of sp³-hybridized carbons (Fsp3) is 0.538. The molecule has 0 amide bonds. The highest BCUT2D eigenvalue weighted by Gasteiger charge is 2.00. The van der Waals surface area contributed by atoms with E-state index >= 15 is 0 Å². The van der Waals surface area contributed by atoms with E-state index in [0.29, 0.717) is 12.4 Å². The Kier molecular flexibility index (Phi) is 11.1. The molecule has 0 aliphatic heterocycles. The Morgan fingerprint density at radius 2 is 2.10 bits per heavy atom. The van der Waals surface area contributed by atoms with Gasteiger partial charge in [0, 0.05) is 33.4 Å². The first-order chi connectivity index (χ1) is 9.30. The number of halogens is 1. The van der Waals surface area contributed by atoms with E-state index in [2.05, 4.69) is 20.6 Å². The predicted molar refractivity (Wildman–Crippen MR) is 90.9 cm³/mol. The van der Waals surface area contributed by atoms with Crippen LogP contribution in [0.4, 0.5) is 0 Å². The number of aliphatic imine (C=N–C) groups is 1. The number of nitrogens with one attached hydrogen (secondary N) is 2. The van der Waals surface area contributed by atoms with Crippen LogP contribution in [-0.2, 0) is 11.3 Å². The van der Waals surface area contributed by atoms with Crippen LogP contribution in [0.1, 0.15) is 12.1 Å². The van der Waals surface area contributed by atoms with Crippen molar-refractivity contribution in [2.45, 2.75) is 13.0 Å². The lowest BCUT2D eigenvalue weighted by Gasteiger charge is -2.11. The van der Waals surface area contributed by atoms with Crippen LogP contribution < -0.4 is 15.4 Å². The van der Waals surface area contributed by atoms with E-state index in [0.717, 1.165) is 31.2 Å². The fourth-order valence-electron chi connectivity index (χ4n) is 1.49. The van der Waals surface area contributed by atoms with Gasteiger partial charge in [0.05, 0.1) is 19.3 Å². The van der Waals surface area contributed by atoms with Crippen molar-refractivity contribution in [2.24, 2.45) is 4.99 Å². The first-order valence-electron chi connectivity index (χ1n) is 6.23. The van der Waals surface area contributed by atoms with Crippen molar-refractivity contribution >= 4 is 29.9 Å². The third-order valence-corrected chi connectivity index (χ3v) is 2.47. The molecule has 2 N–H and O–H groups in total. The minimum atomic E-state index is 0. The summed E-state index contributed by atoms with van der Waals surface area (Å²) in [5.74, 6) is 1.36. The molecular weight excluding hydrogens is 371 g/mol. The Bertz CT molecular complexity index is 402. The zero-order chi connectivity index (χ0) is 13.9. The van der Waals surface area contributed by atoms with Gasteiger partial charge in [-0.1, -0.05) is 6.07 Å². The van der Waals surface area contributed by atoms with E-state index < -0.39 is 0 Å². The topological polar surface area (TPSA) is 67.8 Å². The Morgan fingerprint density at radius 3 is 2.75 bits per heavy atom. The molecule has 0 radical (unpaired) electrons. The quantitative estimate of drug-likeness (QED) is 0.317. The molecule has 0 atom stereocenters. The van der Waals surface area contributed by atoms with Gasteiger partial charge in [0.15, 0.2) is 5.96 Å². The number of hydrogen-bond donors (Lipinski definition) is 2. The van der Waals surface area contributed by atoms with Crippen LogP contribution in [0.2, 0.25) is 0 Å². The van der Waals surface area contributed by atoms with E-state index in [1.807, 2.05) is 18.2 Å². The molecule has 0 aromatic carbocycles. The second kappa shape index (κ2) is 11.7. The number of nitrogens with zero attached hydrogens (tertiary/aromatic N) is 2. The normalized spacial score (nSPS) is 10.7. The minimum Gasteiger partial charge on any atom is -0.481 e. The van der Waals surface area contributed by atoms with Crippen molar-refractivity contribution in [1.82, 2.24) is 15.6 Å². The van der Waals surface area contributed by atoms with Gasteiger partial charge in [-0.25, -0.2) is 4.98 Å². The van der Waals surface area contributed by atoms with Crippen molar-refractivity contribution in [3.05, 3.63) is 23.9 Å². The second-order valence-electron chi connectivity index (χ2n) is 3.87. The van der Waals surface area contributed by atoms with Crippen LogP contribution in [0.25, 0.3) is 0 Å².